The molecule has 0 unspecified atom stereocenters. The molecule has 2 rings (SSSR count). The van der Waals surface area contributed by atoms with Gasteiger partial charge in [-0.15, -0.1) is 35.3 Å². The molecule has 1 aromatic heterocycles. The maximum Gasteiger partial charge on any atom is 0.191 e. The first kappa shape index (κ1) is 22.5. The van der Waals surface area contributed by atoms with E-state index in [1.54, 1.807) is 24.5 Å². The molecular weight excluding hydrogens is 463 g/mol. The van der Waals surface area contributed by atoms with E-state index in [9.17, 15) is 5.11 Å². The van der Waals surface area contributed by atoms with E-state index in [4.69, 9.17) is 4.74 Å². The van der Waals surface area contributed by atoms with Gasteiger partial charge >= 0.3 is 0 Å². The van der Waals surface area contributed by atoms with Crippen LogP contribution in [0.15, 0.2) is 23.2 Å². The van der Waals surface area contributed by atoms with Crippen LogP contribution in [0.5, 0.6) is 11.5 Å². The van der Waals surface area contributed by atoms with Crippen molar-refractivity contribution in [2.24, 2.45) is 4.99 Å². The molecule has 0 atom stereocenters. The van der Waals surface area contributed by atoms with Crippen molar-refractivity contribution >= 4 is 41.3 Å². The summed E-state index contributed by atoms with van der Waals surface area (Å²) in [6.07, 6.45) is 0.670. The number of hydrogen-bond acceptors (Lipinski definition) is 5. The zero-order valence-corrected chi connectivity index (χ0v) is 18.8. The third kappa shape index (κ3) is 6.31. The molecule has 1 aromatic carbocycles. The number of hydrogen-bond donors (Lipinski definition) is 3. The van der Waals surface area contributed by atoms with Crippen LogP contribution in [0, 0.1) is 13.8 Å². The first-order chi connectivity index (χ1) is 12.0. The van der Waals surface area contributed by atoms with Gasteiger partial charge in [0.1, 0.15) is 5.01 Å². The van der Waals surface area contributed by atoms with Crippen molar-refractivity contribution in [3.05, 3.63) is 39.3 Å². The Kier molecular flexibility index (Phi) is 9.71. The Morgan fingerprint density at radius 2 is 2.08 bits per heavy atom. The lowest BCUT2D eigenvalue weighted by atomic mass is 10.1. The van der Waals surface area contributed by atoms with Gasteiger partial charge < -0.3 is 20.5 Å². The molecule has 0 bridgehead atoms. The lowest BCUT2D eigenvalue weighted by Crippen LogP contribution is -2.38. The highest BCUT2D eigenvalue weighted by Gasteiger charge is 2.08. The van der Waals surface area contributed by atoms with Gasteiger partial charge in [-0.25, -0.2) is 9.98 Å². The molecule has 0 amide bonds. The fourth-order valence-electron chi connectivity index (χ4n) is 2.35. The maximum atomic E-state index is 10.1. The molecule has 0 spiro atoms. The molecule has 1 heterocycles. The minimum atomic E-state index is 0. The third-order valence-electron chi connectivity index (χ3n) is 3.78. The van der Waals surface area contributed by atoms with Gasteiger partial charge in [-0.3, -0.25) is 0 Å². The molecule has 6 nitrogen and oxygen atoms in total. The molecule has 0 fully saturated rings. The summed E-state index contributed by atoms with van der Waals surface area (Å²) < 4.78 is 5.14. The molecule has 0 aliphatic carbocycles. The number of halogens is 1. The monoisotopic (exact) mass is 490 g/mol. The van der Waals surface area contributed by atoms with Gasteiger partial charge in [-0.1, -0.05) is 12.1 Å². The molecule has 0 saturated heterocycles. The third-order valence-corrected chi connectivity index (χ3v) is 4.84. The van der Waals surface area contributed by atoms with Crippen molar-refractivity contribution in [3.8, 4) is 11.5 Å². The molecule has 0 radical (unpaired) electrons. The minimum Gasteiger partial charge on any atom is -0.504 e. The number of benzene rings is 1. The van der Waals surface area contributed by atoms with Gasteiger partial charge in [0.25, 0.3) is 0 Å². The average Bonchev–Trinajstić information content (AvgIpc) is 2.92. The lowest BCUT2D eigenvalue weighted by Gasteiger charge is -2.12. The summed E-state index contributed by atoms with van der Waals surface area (Å²) in [5.41, 5.74) is 1.91. The number of methoxy groups -OCH3 is 1. The molecule has 0 aliphatic heterocycles. The first-order valence-electron chi connectivity index (χ1n) is 8.35. The van der Waals surface area contributed by atoms with Crippen molar-refractivity contribution in [2.75, 3.05) is 20.2 Å². The van der Waals surface area contributed by atoms with Gasteiger partial charge in [0.05, 0.1) is 19.3 Å². The second-order valence-electron chi connectivity index (χ2n) is 5.59. The SMILES string of the molecule is CCNC(=NCc1nc(C)c(C)s1)NCCc1cccc(OC)c1O.I. The number of phenolic OH excluding ortho intramolecular Hbond substituents is 1. The Labute approximate surface area is 176 Å². The number of rotatable bonds is 7. The highest BCUT2D eigenvalue weighted by atomic mass is 127. The first-order valence-corrected chi connectivity index (χ1v) is 9.16. The van der Waals surface area contributed by atoms with Crippen LogP contribution in [0.1, 0.15) is 28.1 Å². The fourth-order valence-corrected chi connectivity index (χ4v) is 3.20. The Morgan fingerprint density at radius 3 is 2.69 bits per heavy atom. The molecular formula is C18H27IN4O2S. The number of aliphatic imine (C=N–C) groups is 1. The number of guanidine groups is 1. The summed E-state index contributed by atoms with van der Waals surface area (Å²) in [5.74, 6) is 1.44. The number of phenols is 1. The maximum absolute atomic E-state index is 10.1. The van der Waals surface area contributed by atoms with Gasteiger partial charge in [0.15, 0.2) is 17.5 Å². The number of aromatic hydroxyl groups is 1. The van der Waals surface area contributed by atoms with Crippen LogP contribution in [0.25, 0.3) is 0 Å². The number of para-hydroxylation sites is 1. The second kappa shape index (κ2) is 11.2. The van der Waals surface area contributed by atoms with E-state index < -0.39 is 0 Å². The highest BCUT2D eigenvalue weighted by Crippen LogP contribution is 2.29. The normalized spacial score (nSPS) is 11.0. The summed E-state index contributed by atoms with van der Waals surface area (Å²) in [6, 6.07) is 5.51. The number of aromatic nitrogens is 1. The Morgan fingerprint density at radius 1 is 1.31 bits per heavy atom. The van der Waals surface area contributed by atoms with Gasteiger partial charge in [0, 0.05) is 18.0 Å². The minimum absolute atomic E-state index is 0. The molecule has 8 heteroatoms. The van der Waals surface area contributed by atoms with Crippen molar-refractivity contribution < 1.29 is 9.84 Å². The quantitative estimate of drug-likeness (QED) is 0.315. The van der Waals surface area contributed by atoms with Crippen LogP contribution in [0.2, 0.25) is 0 Å². The summed E-state index contributed by atoms with van der Waals surface area (Å²) in [5, 5.41) is 17.7. The molecule has 0 aliphatic rings. The molecule has 2 aromatic rings. The van der Waals surface area contributed by atoms with Crippen LogP contribution in [-0.4, -0.2) is 36.2 Å². The van der Waals surface area contributed by atoms with E-state index in [0.717, 1.165) is 28.8 Å². The van der Waals surface area contributed by atoms with E-state index in [1.165, 1.54) is 4.88 Å². The van der Waals surface area contributed by atoms with Crippen molar-refractivity contribution in [1.82, 2.24) is 15.6 Å². The smallest absolute Gasteiger partial charge is 0.191 e. The zero-order valence-electron chi connectivity index (χ0n) is 15.6. The van der Waals surface area contributed by atoms with Crippen LogP contribution in [0.3, 0.4) is 0 Å². The second-order valence-corrected chi connectivity index (χ2v) is 6.88. The molecule has 26 heavy (non-hydrogen) atoms. The molecule has 3 N–H and O–H groups in total. The summed E-state index contributed by atoms with van der Waals surface area (Å²) in [7, 11) is 1.55. The number of thiazole rings is 1. The van der Waals surface area contributed by atoms with Gasteiger partial charge in [-0.2, -0.15) is 0 Å². The summed E-state index contributed by atoms with van der Waals surface area (Å²) in [4.78, 5) is 10.3. The summed E-state index contributed by atoms with van der Waals surface area (Å²) in [6.45, 7) is 8.11. The van der Waals surface area contributed by atoms with E-state index in [1.807, 2.05) is 26.0 Å². The number of ether oxygens (including phenoxy) is 1. The average molecular weight is 490 g/mol. The van der Waals surface area contributed by atoms with Gasteiger partial charge in [0.2, 0.25) is 0 Å². The Balaban J connectivity index is 0.00000338. The van der Waals surface area contributed by atoms with E-state index in [0.29, 0.717) is 25.3 Å². The van der Waals surface area contributed by atoms with Crippen molar-refractivity contribution in [2.45, 2.75) is 33.7 Å². The predicted octanol–water partition coefficient (Wildman–Crippen LogP) is 3.39. The number of nitrogens with zero attached hydrogens (tertiary/aromatic N) is 2. The Hall–Kier alpha value is -1.55. The highest BCUT2D eigenvalue weighted by molar-refractivity contribution is 14.0. The van der Waals surface area contributed by atoms with Crippen LogP contribution >= 0.6 is 35.3 Å². The van der Waals surface area contributed by atoms with E-state index in [-0.39, 0.29) is 29.7 Å². The largest absolute Gasteiger partial charge is 0.504 e. The van der Waals surface area contributed by atoms with Gasteiger partial charge in [-0.05, 0) is 38.8 Å². The lowest BCUT2D eigenvalue weighted by molar-refractivity contribution is 0.370. The fraction of sp³-hybridized carbons (Fsp3) is 0.444. The van der Waals surface area contributed by atoms with Crippen LogP contribution in [0.4, 0.5) is 0 Å². The standard InChI is InChI=1S/C18H26N4O2S.HI/c1-5-19-18(21-11-16-22-12(2)13(3)25-16)20-10-9-14-7-6-8-15(24-4)17(14)23;/h6-8,23H,5,9-11H2,1-4H3,(H2,19,20,21);1H. The topological polar surface area (TPSA) is 78.8 Å². The van der Waals surface area contributed by atoms with E-state index in [2.05, 4.69) is 27.5 Å². The van der Waals surface area contributed by atoms with Crippen molar-refractivity contribution in [3.63, 3.8) is 0 Å². The Bertz CT molecular complexity index is 714. The number of nitrogens with one attached hydrogen (secondary N) is 2. The van der Waals surface area contributed by atoms with E-state index >= 15 is 0 Å². The zero-order chi connectivity index (χ0) is 18.2. The van der Waals surface area contributed by atoms with Crippen molar-refractivity contribution in [1.29, 1.82) is 0 Å². The number of aryl methyl sites for hydroxylation is 2. The molecule has 144 valence electrons. The summed E-state index contributed by atoms with van der Waals surface area (Å²) >= 11 is 1.68. The van der Waals surface area contributed by atoms with Crippen LogP contribution in [-0.2, 0) is 13.0 Å². The predicted molar refractivity (Wildman–Crippen MR) is 118 cm³/mol. The molecule has 0 saturated carbocycles. The van der Waals surface area contributed by atoms with Crippen LogP contribution < -0.4 is 15.4 Å².